The average molecular weight is 370 g/mol. The summed E-state index contributed by atoms with van der Waals surface area (Å²) in [7, 11) is 0. The third kappa shape index (κ3) is 4.14. The normalized spacial score (nSPS) is 20.1. The maximum absolute atomic E-state index is 12.5. The Hall–Kier alpha value is -2.80. The summed E-state index contributed by atoms with van der Waals surface area (Å²) in [6.07, 6.45) is 3.02. The predicted molar refractivity (Wildman–Crippen MR) is 98.3 cm³/mol. The van der Waals surface area contributed by atoms with Gasteiger partial charge in [-0.15, -0.1) is 0 Å². The topological polar surface area (TPSA) is 78.9 Å². The van der Waals surface area contributed by atoms with E-state index in [0.717, 1.165) is 6.42 Å². The Bertz CT molecular complexity index is 835. The van der Waals surface area contributed by atoms with Crippen LogP contribution in [0.4, 0.5) is 5.69 Å². The minimum absolute atomic E-state index is 0.00221. The molecular weight excluding hydrogens is 348 g/mol. The second-order valence-electron chi connectivity index (χ2n) is 7.29. The molecule has 1 saturated heterocycles. The van der Waals surface area contributed by atoms with Gasteiger partial charge in [-0.25, -0.2) is 4.98 Å². The van der Waals surface area contributed by atoms with Crippen LogP contribution in [0.1, 0.15) is 26.7 Å². The summed E-state index contributed by atoms with van der Waals surface area (Å²) >= 11 is 0. The van der Waals surface area contributed by atoms with E-state index in [1.165, 1.54) is 0 Å². The Kier molecular flexibility index (Phi) is 4.61. The lowest BCUT2D eigenvalue weighted by Gasteiger charge is -2.34. The van der Waals surface area contributed by atoms with Gasteiger partial charge in [0.25, 0.3) is 0 Å². The zero-order chi connectivity index (χ0) is 18.9. The molecule has 1 amide bonds. The van der Waals surface area contributed by atoms with Crippen LogP contribution in [0.3, 0.4) is 0 Å². The van der Waals surface area contributed by atoms with E-state index in [1.54, 1.807) is 36.5 Å². The number of rotatable bonds is 4. The molecule has 142 valence electrons. The van der Waals surface area contributed by atoms with Crippen molar-refractivity contribution < 1.29 is 23.7 Å². The Morgan fingerprint density at radius 3 is 2.85 bits per heavy atom. The number of carbonyl (C=O) groups excluding carboxylic acids is 1. The zero-order valence-electron chi connectivity index (χ0n) is 15.4. The molecule has 1 atom stereocenters. The Morgan fingerprint density at radius 1 is 1.22 bits per heavy atom. The number of amides is 1. The molecule has 0 saturated carbocycles. The number of nitrogens with zero attached hydrogens (tertiary/aromatic N) is 1. The second-order valence-corrected chi connectivity index (χ2v) is 7.29. The van der Waals surface area contributed by atoms with E-state index in [2.05, 4.69) is 10.3 Å². The number of pyridine rings is 1. The van der Waals surface area contributed by atoms with E-state index in [0.29, 0.717) is 41.8 Å². The van der Waals surface area contributed by atoms with Crippen LogP contribution >= 0.6 is 0 Å². The van der Waals surface area contributed by atoms with Crippen molar-refractivity contribution in [3.63, 3.8) is 0 Å². The van der Waals surface area contributed by atoms with Gasteiger partial charge in [0.05, 0.1) is 17.5 Å². The summed E-state index contributed by atoms with van der Waals surface area (Å²) in [6, 6.07) is 8.83. The standard InChI is InChI=1S/C20H22N2O5/c1-20(2)10-13(7-8-26-20)19(23)22-14-3-6-18(21-11-14)27-15-4-5-16-17(9-15)25-12-24-16/h3-6,9,11,13H,7-8,10,12H2,1-2H3,(H,22,23)/t13-/m0/s1. The SMILES string of the molecule is CC1(C)C[C@@H](C(=O)Nc2ccc(Oc3ccc4c(c3)OCO4)nc2)CCO1. The summed E-state index contributed by atoms with van der Waals surface area (Å²) in [6.45, 7) is 4.84. The minimum Gasteiger partial charge on any atom is -0.454 e. The van der Waals surface area contributed by atoms with Crippen molar-refractivity contribution in [3.8, 4) is 23.1 Å². The largest absolute Gasteiger partial charge is 0.454 e. The molecule has 0 radical (unpaired) electrons. The van der Waals surface area contributed by atoms with Crippen LogP contribution in [-0.2, 0) is 9.53 Å². The van der Waals surface area contributed by atoms with E-state index in [1.807, 2.05) is 13.8 Å². The number of aromatic nitrogens is 1. The number of anilines is 1. The van der Waals surface area contributed by atoms with Crippen molar-refractivity contribution in [2.45, 2.75) is 32.3 Å². The fourth-order valence-corrected chi connectivity index (χ4v) is 3.28. The van der Waals surface area contributed by atoms with Gasteiger partial charge in [0.1, 0.15) is 5.75 Å². The van der Waals surface area contributed by atoms with Crippen LogP contribution in [0.5, 0.6) is 23.1 Å². The predicted octanol–water partition coefficient (Wildman–Crippen LogP) is 3.75. The molecule has 0 aliphatic carbocycles. The van der Waals surface area contributed by atoms with Crippen molar-refractivity contribution in [2.75, 3.05) is 18.7 Å². The first kappa shape index (κ1) is 17.6. The lowest BCUT2D eigenvalue weighted by atomic mass is 9.88. The summed E-state index contributed by atoms with van der Waals surface area (Å²) < 4.78 is 22.0. The van der Waals surface area contributed by atoms with E-state index in [4.69, 9.17) is 18.9 Å². The van der Waals surface area contributed by atoms with Gasteiger partial charge in [0.15, 0.2) is 11.5 Å². The fourth-order valence-electron chi connectivity index (χ4n) is 3.28. The Morgan fingerprint density at radius 2 is 2.07 bits per heavy atom. The highest BCUT2D eigenvalue weighted by molar-refractivity contribution is 5.92. The molecule has 7 heteroatoms. The van der Waals surface area contributed by atoms with Crippen molar-refractivity contribution >= 4 is 11.6 Å². The lowest BCUT2D eigenvalue weighted by Crippen LogP contribution is -2.39. The maximum Gasteiger partial charge on any atom is 0.231 e. The first-order chi connectivity index (χ1) is 13.0. The smallest absolute Gasteiger partial charge is 0.231 e. The summed E-state index contributed by atoms with van der Waals surface area (Å²) in [5.41, 5.74) is 0.378. The molecule has 1 fully saturated rings. The summed E-state index contributed by atoms with van der Waals surface area (Å²) in [5.74, 6) is 2.32. The number of fused-ring (bicyclic) bond motifs is 1. The highest BCUT2D eigenvalue weighted by Gasteiger charge is 2.32. The maximum atomic E-state index is 12.5. The first-order valence-corrected chi connectivity index (χ1v) is 8.97. The van der Waals surface area contributed by atoms with Gasteiger partial charge < -0.3 is 24.3 Å². The number of benzene rings is 1. The minimum atomic E-state index is -0.263. The van der Waals surface area contributed by atoms with Gasteiger partial charge in [0.2, 0.25) is 18.6 Å². The molecular formula is C20H22N2O5. The van der Waals surface area contributed by atoms with Gasteiger partial charge in [0, 0.05) is 24.7 Å². The number of nitrogens with one attached hydrogen (secondary N) is 1. The monoisotopic (exact) mass is 370 g/mol. The zero-order valence-corrected chi connectivity index (χ0v) is 15.4. The van der Waals surface area contributed by atoms with Crippen LogP contribution in [0.15, 0.2) is 36.5 Å². The third-order valence-electron chi connectivity index (χ3n) is 4.64. The molecule has 0 unspecified atom stereocenters. The third-order valence-corrected chi connectivity index (χ3v) is 4.64. The second kappa shape index (κ2) is 7.08. The van der Waals surface area contributed by atoms with Gasteiger partial charge >= 0.3 is 0 Å². The van der Waals surface area contributed by atoms with Crippen molar-refractivity contribution in [3.05, 3.63) is 36.5 Å². The molecule has 3 heterocycles. The van der Waals surface area contributed by atoms with E-state index in [-0.39, 0.29) is 24.2 Å². The average Bonchev–Trinajstić information content (AvgIpc) is 3.10. The molecule has 0 bridgehead atoms. The van der Waals surface area contributed by atoms with Gasteiger partial charge in [-0.2, -0.15) is 0 Å². The summed E-state index contributed by atoms with van der Waals surface area (Å²) in [4.78, 5) is 16.7. The highest BCUT2D eigenvalue weighted by atomic mass is 16.7. The van der Waals surface area contributed by atoms with Crippen LogP contribution in [-0.4, -0.2) is 29.9 Å². The van der Waals surface area contributed by atoms with Gasteiger partial charge in [-0.1, -0.05) is 0 Å². The number of hydrogen-bond acceptors (Lipinski definition) is 6. The van der Waals surface area contributed by atoms with E-state index in [9.17, 15) is 4.79 Å². The Balaban J connectivity index is 1.37. The molecule has 4 rings (SSSR count). The molecule has 1 N–H and O–H groups in total. The van der Waals surface area contributed by atoms with Crippen molar-refractivity contribution in [1.29, 1.82) is 0 Å². The van der Waals surface area contributed by atoms with E-state index < -0.39 is 0 Å². The van der Waals surface area contributed by atoms with Gasteiger partial charge in [-0.3, -0.25) is 4.79 Å². The number of ether oxygens (including phenoxy) is 4. The molecule has 1 aromatic carbocycles. The number of carbonyl (C=O) groups is 1. The molecule has 1 aromatic heterocycles. The molecule has 0 spiro atoms. The van der Waals surface area contributed by atoms with Crippen LogP contribution in [0.25, 0.3) is 0 Å². The van der Waals surface area contributed by atoms with Gasteiger partial charge in [-0.05, 0) is 44.9 Å². The molecule has 7 nitrogen and oxygen atoms in total. The van der Waals surface area contributed by atoms with E-state index >= 15 is 0 Å². The quantitative estimate of drug-likeness (QED) is 0.883. The molecule has 2 aromatic rings. The fraction of sp³-hybridized carbons (Fsp3) is 0.400. The first-order valence-electron chi connectivity index (χ1n) is 8.97. The lowest BCUT2D eigenvalue weighted by molar-refractivity contribution is -0.130. The molecule has 27 heavy (non-hydrogen) atoms. The number of hydrogen-bond donors (Lipinski definition) is 1. The van der Waals surface area contributed by atoms with Crippen LogP contribution < -0.4 is 19.5 Å². The summed E-state index contributed by atoms with van der Waals surface area (Å²) in [5, 5.41) is 2.93. The van der Waals surface area contributed by atoms with Crippen LogP contribution in [0, 0.1) is 5.92 Å². The highest BCUT2D eigenvalue weighted by Crippen LogP contribution is 2.36. The molecule has 2 aliphatic heterocycles. The Labute approximate surface area is 157 Å². The van der Waals surface area contributed by atoms with Crippen molar-refractivity contribution in [2.24, 2.45) is 5.92 Å². The molecule has 2 aliphatic rings. The van der Waals surface area contributed by atoms with Crippen molar-refractivity contribution in [1.82, 2.24) is 4.98 Å². The van der Waals surface area contributed by atoms with Crippen LogP contribution in [0.2, 0.25) is 0 Å².